The SMILES string of the molecule is O=C(NC1CCS(=O)(=O)C1)c1ncn[nH]1. The van der Waals surface area contributed by atoms with E-state index in [2.05, 4.69) is 20.5 Å². The summed E-state index contributed by atoms with van der Waals surface area (Å²) in [5, 5.41) is 8.53. The summed E-state index contributed by atoms with van der Waals surface area (Å²) in [7, 11) is -2.97. The fraction of sp³-hybridized carbons (Fsp3) is 0.571. The zero-order valence-electron chi connectivity index (χ0n) is 7.80. The minimum atomic E-state index is -2.97. The van der Waals surface area contributed by atoms with E-state index in [0.717, 1.165) is 0 Å². The molecule has 2 rings (SSSR count). The molecule has 1 aromatic heterocycles. The number of sulfone groups is 1. The van der Waals surface area contributed by atoms with Gasteiger partial charge in [-0.25, -0.2) is 13.4 Å². The fourth-order valence-corrected chi connectivity index (χ4v) is 3.15. The van der Waals surface area contributed by atoms with Crippen molar-refractivity contribution in [1.82, 2.24) is 20.5 Å². The Morgan fingerprint density at radius 3 is 2.93 bits per heavy atom. The van der Waals surface area contributed by atoms with Crippen LogP contribution in [0.3, 0.4) is 0 Å². The predicted molar refractivity (Wildman–Crippen MR) is 50.9 cm³/mol. The lowest BCUT2D eigenvalue weighted by atomic mass is 10.2. The van der Waals surface area contributed by atoms with E-state index in [9.17, 15) is 13.2 Å². The number of H-pyrrole nitrogens is 1. The quantitative estimate of drug-likeness (QED) is 0.658. The van der Waals surface area contributed by atoms with Gasteiger partial charge >= 0.3 is 0 Å². The molecular formula is C7H10N4O3S. The summed E-state index contributed by atoms with van der Waals surface area (Å²) >= 11 is 0. The normalized spacial score (nSPS) is 23.9. The zero-order chi connectivity index (χ0) is 10.9. The highest BCUT2D eigenvalue weighted by atomic mass is 32.2. The molecule has 0 radical (unpaired) electrons. The van der Waals surface area contributed by atoms with E-state index in [0.29, 0.717) is 6.42 Å². The first-order valence-electron chi connectivity index (χ1n) is 4.43. The lowest BCUT2D eigenvalue weighted by molar-refractivity contribution is 0.0931. The number of nitrogens with zero attached hydrogens (tertiary/aromatic N) is 2. The number of nitrogens with one attached hydrogen (secondary N) is 2. The van der Waals surface area contributed by atoms with E-state index in [1.807, 2.05) is 0 Å². The van der Waals surface area contributed by atoms with Crippen LogP contribution < -0.4 is 5.32 Å². The molecule has 1 aliphatic rings. The van der Waals surface area contributed by atoms with E-state index in [1.54, 1.807) is 0 Å². The van der Waals surface area contributed by atoms with Gasteiger partial charge < -0.3 is 5.32 Å². The molecule has 1 aliphatic heterocycles. The Balaban J connectivity index is 1.97. The molecule has 1 fully saturated rings. The zero-order valence-corrected chi connectivity index (χ0v) is 8.62. The number of rotatable bonds is 2. The van der Waals surface area contributed by atoms with Crippen LogP contribution in [0.2, 0.25) is 0 Å². The maximum Gasteiger partial charge on any atom is 0.288 e. The summed E-state index contributed by atoms with van der Waals surface area (Å²) in [6, 6.07) is -0.312. The van der Waals surface area contributed by atoms with E-state index >= 15 is 0 Å². The second kappa shape index (κ2) is 3.61. The largest absolute Gasteiger partial charge is 0.346 e. The summed E-state index contributed by atoms with van der Waals surface area (Å²) in [5.41, 5.74) is 0. The van der Waals surface area contributed by atoms with Crippen molar-refractivity contribution in [2.24, 2.45) is 0 Å². The number of hydrogen-bond acceptors (Lipinski definition) is 5. The van der Waals surface area contributed by atoms with Gasteiger partial charge in [-0.05, 0) is 6.42 Å². The minimum Gasteiger partial charge on any atom is -0.346 e. The molecule has 8 heteroatoms. The average molecular weight is 230 g/mol. The van der Waals surface area contributed by atoms with Crippen molar-refractivity contribution in [2.45, 2.75) is 12.5 Å². The third-order valence-corrected chi connectivity index (χ3v) is 3.97. The molecule has 82 valence electrons. The van der Waals surface area contributed by atoms with Crippen LogP contribution in [0, 0.1) is 0 Å². The first-order valence-corrected chi connectivity index (χ1v) is 6.25. The second-order valence-electron chi connectivity index (χ2n) is 3.41. The van der Waals surface area contributed by atoms with Gasteiger partial charge in [0.2, 0.25) is 5.82 Å². The Bertz CT molecular complexity index is 453. The van der Waals surface area contributed by atoms with Crippen molar-refractivity contribution in [3.8, 4) is 0 Å². The first-order chi connectivity index (χ1) is 7.07. The lowest BCUT2D eigenvalue weighted by Crippen LogP contribution is -2.36. The van der Waals surface area contributed by atoms with Gasteiger partial charge in [-0.15, -0.1) is 0 Å². The average Bonchev–Trinajstić information content (AvgIpc) is 2.74. The van der Waals surface area contributed by atoms with Gasteiger partial charge in [0.05, 0.1) is 11.5 Å². The van der Waals surface area contributed by atoms with E-state index < -0.39 is 15.7 Å². The van der Waals surface area contributed by atoms with Crippen LogP contribution in [-0.2, 0) is 9.84 Å². The molecule has 2 N–H and O–H groups in total. The summed E-state index contributed by atoms with van der Waals surface area (Å²) < 4.78 is 22.2. The number of aromatic nitrogens is 3. The third kappa shape index (κ3) is 2.32. The highest BCUT2D eigenvalue weighted by Crippen LogP contribution is 2.11. The monoisotopic (exact) mass is 230 g/mol. The van der Waals surface area contributed by atoms with Crippen LogP contribution in [0.25, 0.3) is 0 Å². The van der Waals surface area contributed by atoms with Crippen LogP contribution in [0.1, 0.15) is 17.0 Å². The number of hydrogen-bond donors (Lipinski definition) is 2. The molecule has 2 heterocycles. The molecule has 1 amide bonds. The topological polar surface area (TPSA) is 105 Å². The lowest BCUT2D eigenvalue weighted by Gasteiger charge is -2.08. The van der Waals surface area contributed by atoms with Crippen LogP contribution in [0.15, 0.2) is 6.33 Å². The highest BCUT2D eigenvalue weighted by molar-refractivity contribution is 7.91. The fourth-order valence-electron chi connectivity index (χ4n) is 1.48. The minimum absolute atomic E-state index is 0.00682. The number of carbonyl (C=O) groups excluding carboxylic acids is 1. The van der Waals surface area contributed by atoms with Crippen molar-refractivity contribution in [1.29, 1.82) is 0 Å². The molecule has 0 aliphatic carbocycles. The molecule has 1 unspecified atom stereocenters. The molecule has 1 atom stereocenters. The van der Waals surface area contributed by atoms with Crippen LogP contribution in [-0.4, -0.2) is 47.1 Å². The molecule has 0 saturated carbocycles. The molecule has 1 saturated heterocycles. The van der Waals surface area contributed by atoms with Gasteiger partial charge in [0.15, 0.2) is 9.84 Å². The van der Waals surface area contributed by atoms with Crippen molar-refractivity contribution < 1.29 is 13.2 Å². The Labute approximate surface area is 86.2 Å². The van der Waals surface area contributed by atoms with Gasteiger partial charge in [0, 0.05) is 6.04 Å². The van der Waals surface area contributed by atoms with Gasteiger partial charge in [0.25, 0.3) is 5.91 Å². The first kappa shape index (κ1) is 10.1. The van der Waals surface area contributed by atoms with Gasteiger partial charge in [-0.2, -0.15) is 5.10 Å². The third-order valence-electron chi connectivity index (χ3n) is 2.20. The molecule has 0 aromatic carbocycles. The standard InChI is InChI=1S/C7H10N4O3S/c12-7(6-8-4-9-11-6)10-5-1-2-15(13,14)3-5/h4-5H,1-3H2,(H,10,12)(H,8,9,11). The maximum atomic E-state index is 11.4. The van der Waals surface area contributed by atoms with E-state index in [-0.39, 0.29) is 23.4 Å². The molecule has 0 bridgehead atoms. The number of amides is 1. The van der Waals surface area contributed by atoms with Crippen LogP contribution in [0.4, 0.5) is 0 Å². The van der Waals surface area contributed by atoms with Crippen molar-refractivity contribution in [2.75, 3.05) is 11.5 Å². The van der Waals surface area contributed by atoms with Crippen molar-refractivity contribution in [3.05, 3.63) is 12.2 Å². The van der Waals surface area contributed by atoms with Crippen molar-refractivity contribution in [3.63, 3.8) is 0 Å². The molecule has 7 nitrogen and oxygen atoms in total. The van der Waals surface area contributed by atoms with Gasteiger partial charge in [-0.3, -0.25) is 9.89 Å². The molecule has 1 aromatic rings. The van der Waals surface area contributed by atoms with E-state index in [1.165, 1.54) is 6.33 Å². The summed E-state index contributed by atoms with van der Waals surface area (Å²) in [6.07, 6.45) is 1.68. The van der Waals surface area contributed by atoms with Gasteiger partial charge in [-0.1, -0.05) is 0 Å². The highest BCUT2D eigenvalue weighted by Gasteiger charge is 2.29. The van der Waals surface area contributed by atoms with Gasteiger partial charge in [0.1, 0.15) is 6.33 Å². The number of aromatic amines is 1. The molecule has 0 spiro atoms. The summed E-state index contributed by atoms with van der Waals surface area (Å²) in [5.74, 6) is -0.185. The summed E-state index contributed by atoms with van der Waals surface area (Å²) in [6.45, 7) is 0. The Morgan fingerprint density at radius 1 is 1.60 bits per heavy atom. The Morgan fingerprint density at radius 2 is 2.40 bits per heavy atom. The smallest absolute Gasteiger partial charge is 0.288 e. The maximum absolute atomic E-state index is 11.4. The Kier molecular flexibility index (Phi) is 2.43. The number of carbonyl (C=O) groups is 1. The van der Waals surface area contributed by atoms with Crippen LogP contribution >= 0.6 is 0 Å². The van der Waals surface area contributed by atoms with Crippen LogP contribution in [0.5, 0.6) is 0 Å². The predicted octanol–water partition coefficient (Wildman–Crippen LogP) is -1.28. The second-order valence-corrected chi connectivity index (χ2v) is 5.64. The molecular weight excluding hydrogens is 220 g/mol. The van der Waals surface area contributed by atoms with Crippen molar-refractivity contribution >= 4 is 15.7 Å². The summed E-state index contributed by atoms with van der Waals surface area (Å²) in [4.78, 5) is 15.1. The van der Waals surface area contributed by atoms with E-state index in [4.69, 9.17) is 0 Å². The Hall–Kier alpha value is -1.44. The molecule has 15 heavy (non-hydrogen) atoms.